The third-order valence-corrected chi connectivity index (χ3v) is 1.67. The number of rotatable bonds is 4. The second kappa shape index (κ2) is 5.89. The second-order valence-corrected chi connectivity index (χ2v) is 2.53. The lowest BCUT2D eigenvalue weighted by molar-refractivity contribution is 0.319. The Balaban J connectivity index is 0.00000121. The quantitative estimate of drug-likeness (QED) is 0.685. The molecule has 2 nitrogen and oxygen atoms in total. The van der Waals surface area contributed by atoms with Gasteiger partial charge in [0.2, 0.25) is 0 Å². The minimum atomic E-state index is 0. The van der Waals surface area contributed by atoms with Crippen molar-refractivity contribution in [2.24, 2.45) is 0 Å². The Morgan fingerprint density at radius 3 is 2.58 bits per heavy atom. The molecule has 1 heterocycles. The molecule has 1 aliphatic heterocycles. The molecule has 0 aromatic rings. The molecule has 0 unspecified atom stereocenters. The van der Waals surface area contributed by atoms with Crippen LogP contribution in [0.4, 0.5) is 0 Å². The standard InChI is InChI=1S/C9H14N2.BrH/c1-3-5-6-11-8-7-10(4-2)9-11;/h3-4,7-8H,1-2,5-6,9H2;1H. The Labute approximate surface area is 84.6 Å². The Bertz CT molecular complexity index is 177. The Morgan fingerprint density at radius 2 is 2.08 bits per heavy atom. The zero-order valence-electron chi connectivity index (χ0n) is 7.15. The zero-order chi connectivity index (χ0) is 8.10. The van der Waals surface area contributed by atoms with Crippen molar-refractivity contribution < 1.29 is 0 Å². The molecular weight excluding hydrogens is 216 g/mol. The molecule has 0 spiro atoms. The van der Waals surface area contributed by atoms with Gasteiger partial charge in [-0.2, -0.15) is 0 Å². The minimum Gasteiger partial charge on any atom is -0.358 e. The van der Waals surface area contributed by atoms with Crippen LogP contribution in [0, 0.1) is 0 Å². The molecule has 0 saturated heterocycles. The summed E-state index contributed by atoms with van der Waals surface area (Å²) in [4.78, 5) is 4.27. The predicted octanol–water partition coefficient (Wildman–Crippen LogP) is 2.33. The summed E-state index contributed by atoms with van der Waals surface area (Å²) in [6.45, 7) is 9.34. The largest absolute Gasteiger partial charge is 0.358 e. The molecule has 0 radical (unpaired) electrons. The molecule has 0 aromatic carbocycles. The van der Waals surface area contributed by atoms with E-state index in [1.807, 2.05) is 23.4 Å². The van der Waals surface area contributed by atoms with Crippen LogP contribution in [0.3, 0.4) is 0 Å². The van der Waals surface area contributed by atoms with E-state index in [0.29, 0.717) is 0 Å². The van der Waals surface area contributed by atoms with Gasteiger partial charge in [0.15, 0.2) is 0 Å². The van der Waals surface area contributed by atoms with Crippen molar-refractivity contribution in [1.82, 2.24) is 9.80 Å². The van der Waals surface area contributed by atoms with E-state index in [4.69, 9.17) is 0 Å². The summed E-state index contributed by atoms with van der Waals surface area (Å²) in [5.74, 6) is 0. The van der Waals surface area contributed by atoms with Crippen molar-refractivity contribution in [2.45, 2.75) is 6.42 Å². The van der Waals surface area contributed by atoms with E-state index in [1.54, 1.807) is 0 Å². The first-order valence-electron chi connectivity index (χ1n) is 3.78. The second-order valence-electron chi connectivity index (χ2n) is 2.53. The van der Waals surface area contributed by atoms with Crippen molar-refractivity contribution >= 4 is 17.0 Å². The van der Waals surface area contributed by atoms with Gasteiger partial charge in [0.1, 0.15) is 0 Å². The fourth-order valence-corrected chi connectivity index (χ4v) is 1.00. The van der Waals surface area contributed by atoms with Crippen LogP contribution < -0.4 is 0 Å². The van der Waals surface area contributed by atoms with Crippen molar-refractivity contribution in [1.29, 1.82) is 0 Å². The molecule has 68 valence electrons. The summed E-state index contributed by atoms with van der Waals surface area (Å²) in [6, 6.07) is 0. The Morgan fingerprint density at radius 1 is 1.33 bits per heavy atom. The van der Waals surface area contributed by atoms with Crippen LogP contribution in [-0.4, -0.2) is 23.0 Å². The highest BCUT2D eigenvalue weighted by atomic mass is 79.9. The normalized spacial score (nSPS) is 14.3. The third-order valence-electron chi connectivity index (χ3n) is 1.67. The highest BCUT2D eigenvalue weighted by molar-refractivity contribution is 8.93. The molecular formula is C9H15BrN2. The molecule has 3 heteroatoms. The van der Waals surface area contributed by atoms with Crippen molar-refractivity contribution in [3.63, 3.8) is 0 Å². The molecule has 0 bridgehead atoms. The molecule has 1 aliphatic rings. The first-order valence-corrected chi connectivity index (χ1v) is 3.78. The van der Waals surface area contributed by atoms with Crippen LogP contribution in [0.2, 0.25) is 0 Å². The fourth-order valence-electron chi connectivity index (χ4n) is 1.00. The van der Waals surface area contributed by atoms with Crippen LogP contribution in [0.25, 0.3) is 0 Å². The average Bonchev–Trinajstić information content (AvgIpc) is 2.48. The molecule has 0 aliphatic carbocycles. The van der Waals surface area contributed by atoms with Crippen molar-refractivity contribution in [3.05, 3.63) is 37.8 Å². The van der Waals surface area contributed by atoms with Gasteiger partial charge in [0, 0.05) is 18.9 Å². The van der Waals surface area contributed by atoms with Gasteiger partial charge in [-0.15, -0.1) is 23.6 Å². The molecule has 1 rings (SSSR count). The van der Waals surface area contributed by atoms with E-state index in [1.165, 1.54) is 0 Å². The molecule has 0 N–H and O–H groups in total. The first kappa shape index (κ1) is 11.3. The number of nitrogens with zero attached hydrogens (tertiary/aromatic N) is 2. The van der Waals surface area contributed by atoms with E-state index in [2.05, 4.69) is 24.3 Å². The molecule has 12 heavy (non-hydrogen) atoms. The SMILES string of the molecule is Br.C=CCCN1C=CN(C=C)C1. The number of hydrogen-bond donors (Lipinski definition) is 0. The van der Waals surface area contributed by atoms with Crippen LogP contribution in [0.5, 0.6) is 0 Å². The maximum Gasteiger partial charge on any atom is 0.0935 e. The first-order chi connectivity index (χ1) is 5.36. The van der Waals surface area contributed by atoms with Crippen LogP contribution in [0.15, 0.2) is 37.8 Å². The molecule has 0 saturated carbocycles. The molecule has 0 fully saturated rings. The van der Waals surface area contributed by atoms with Crippen molar-refractivity contribution in [3.8, 4) is 0 Å². The van der Waals surface area contributed by atoms with Crippen molar-refractivity contribution in [2.75, 3.05) is 13.2 Å². The Hall–Kier alpha value is -0.700. The highest BCUT2D eigenvalue weighted by Gasteiger charge is 2.06. The topological polar surface area (TPSA) is 6.48 Å². The van der Waals surface area contributed by atoms with Gasteiger partial charge in [0.05, 0.1) is 6.67 Å². The summed E-state index contributed by atoms with van der Waals surface area (Å²) in [5, 5.41) is 0. The number of halogens is 1. The zero-order valence-corrected chi connectivity index (χ0v) is 8.86. The maximum atomic E-state index is 3.69. The van der Waals surface area contributed by atoms with Gasteiger partial charge in [-0.25, -0.2) is 0 Å². The smallest absolute Gasteiger partial charge is 0.0935 e. The minimum absolute atomic E-state index is 0. The van der Waals surface area contributed by atoms with Gasteiger partial charge >= 0.3 is 0 Å². The summed E-state index contributed by atoms with van der Waals surface area (Å²) >= 11 is 0. The summed E-state index contributed by atoms with van der Waals surface area (Å²) in [7, 11) is 0. The van der Waals surface area contributed by atoms with Gasteiger partial charge in [-0.05, 0) is 12.6 Å². The molecule has 0 amide bonds. The van der Waals surface area contributed by atoms with Crippen LogP contribution in [-0.2, 0) is 0 Å². The average molecular weight is 231 g/mol. The van der Waals surface area contributed by atoms with Gasteiger partial charge in [-0.3, -0.25) is 0 Å². The third kappa shape index (κ3) is 3.13. The van der Waals surface area contributed by atoms with Gasteiger partial charge in [0.25, 0.3) is 0 Å². The lowest BCUT2D eigenvalue weighted by Gasteiger charge is -2.17. The maximum absolute atomic E-state index is 3.69. The fraction of sp³-hybridized carbons (Fsp3) is 0.333. The van der Waals surface area contributed by atoms with E-state index in [-0.39, 0.29) is 17.0 Å². The predicted molar refractivity (Wildman–Crippen MR) is 57.9 cm³/mol. The molecule has 0 aromatic heterocycles. The van der Waals surface area contributed by atoms with E-state index in [0.717, 1.165) is 19.6 Å². The number of hydrogen-bond acceptors (Lipinski definition) is 2. The van der Waals surface area contributed by atoms with Gasteiger partial charge in [-0.1, -0.05) is 12.7 Å². The van der Waals surface area contributed by atoms with Gasteiger partial charge < -0.3 is 9.80 Å². The highest BCUT2D eigenvalue weighted by Crippen LogP contribution is 2.06. The monoisotopic (exact) mass is 230 g/mol. The lowest BCUT2D eigenvalue weighted by Crippen LogP contribution is -2.22. The summed E-state index contributed by atoms with van der Waals surface area (Å²) < 4.78 is 0. The molecule has 0 atom stereocenters. The summed E-state index contributed by atoms with van der Waals surface area (Å²) in [6.07, 6.45) is 8.89. The summed E-state index contributed by atoms with van der Waals surface area (Å²) in [5.41, 5.74) is 0. The van der Waals surface area contributed by atoms with Crippen LogP contribution >= 0.6 is 17.0 Å². The van der Waals surface area contributed by atoms with E-state index in [9.17, 15) is 0 Å². The van der Waals surface area contributed by atoms with Crippen LogP contribution in [0.1, 0.15) is 6.42 Å². The lowest BCUT2D eigenvalue weighted by atomic mass is 10.4. The van der Waals surface area contributed by atoms with E-state index >= 15 is 0 Å². The Kier molecular flexibility index (Phi) is 5.54. The van der Waals surface area contributed by atoms with E-state index < -0.39 is 0 Å².